The number of fused-ring (bicyclic) bond motifs is 1. The van der Waals surface area contributed by atoms with Crippen LogP contribution >= 0.6 is 0 Å². The number of hydrogen-bond donors (Lipinski definition) is 2. The van der Waals surface area contributed by atoms with Crippen LogP contribution < -0.4 is 10.7 Å². The lowest BCUT2D eigenvalue weighted by molar-refractivity contribution is 0.102. The Kier molecular flexibility index (Phi) is 3.60. The number of nitrogens with one attached hydrogen (secondary N) is 2. The molecular weight excluding hydrogens is 264 g/mol. The topological polar surface area (TPSA) is 62.0 Å². The highest BCUT2D eigenvalue weighted by molar-refractivity contribution is 6.04. The predicted molar refractivity (Wildman–Crippen MR) is 82.8 cm³/mol. The fourth-order valence-corrected chi connectivity index (χ4v) is 2.84. The van der Waals surface area contributed by atoms with Crippen molar-refractivity contribution >= 4 is 11.6 Å². The average Bonchev–Trinajstić information content (AvgIpc) is 2.47. The van der Waals surface area contributed by atoms with Gasteiger partial charge in [-0.1, -0.05) is 12.1 Å². The number of carbonyl (C=O) groups excluding carboxylic acids is 1. The van der Waals surface area contributed by atoms with Gasteiger partial charge in [0.15, 0.2) is 5.43 Å². The first-order valence-corrected chi connectivity index (χ1v) is 7.26. The molecule has 1 amide bonds. The number of aromatic amines is 1. The standard InChI is InChI=1S/C17H18N2O2/c1-11-9-16(20)14(10-18-11)17(21)19-15-8-4-6-12-5-2-3-7-13(12)15/h4,6,8-10H,2-3,5,7H2,1H3,(H,18,20)(H,19,21). The minimum atomic E-state index is -0.352. The molecule has 1 aromatic carbocycles. The van der Waals surface area contributed by atoms with Crippen molar-refractivity contribution in [2.75, 3.05) is 5.32 Å². The minimum absolute atomic E-state index is 0.147. The first kappa shape index (κ1) is 13.6. The molecule has 0 fully saturated rings. The third-order valence-electron chi connectivity index (χ3n) is 3.95. The van der Waals surface area contributed by atoms with Crippen LogP contribution in [0.5, 0.6) is 0 Å². The SMILES string of the molecule is Cc1cc(=O)c(C(=O)Nc2cccc3c2CCCC3)c[nH]1. The summed E-state index contributed by atoms with van der Waals surface area (Å²) in [6.45, 7) is 1.79. The molecule has 0 aliphatic heterocycles. The monoisotopic (exact) mass is 282 g/mol. The van der Waals surface area contributed by atoms with E-state index in [0.29, 0.717) is 0 Å². The van der Waals surface area contributed by atoms with Crippen molar-refractivity contribution in [1.29, 1.82) is 0 Å². The molecule has 0 unspecified atom stereocenters. The van der Waals surface area contributed by atoms with Crippen LogP contribution in [0.3, 0.4) is 0 Å². The van der Waals surface area contributed by atoms with Gasteiger partial charge >= 0.3 is 0 Å². The lowest BCUT2D eigenvalue weighted by Gasteiger charge is -2.19. The van der Waals surface area contributed by atoms with Crippen molar-refractivity contribution in [1.82, 2.24) is 4.98 Å². The molecule has 2 aromatic rings. The van der Waals surface area contributed by atoms with Gasteiger partial charge in [-0.15, -0.1) is 0 Å². The van der Waals surface area contributed by atoms with E-state index < -0.39 is 0 Å². The van der Waals surface area contributed by atoms with Gasteiger partial charge in [-0.05, 0) is 49.8 Å². The first-order chi connectivity index (χ1) is 10.1. The summed E-state index contributed by atoms with van der Waals surface area (Å²) in [5.74, 6) is -0.352. The summed E-state index contributed by atoms with van der Waals surface area (Å²) in [7, 11) is 0. The molecule has 3 rings (SSSR count). The van der Waals surface area contributed by atoms with Gasteiger partial charge < -0.3 is 10.3 Å². The normalized spacial score (nSPS) is 13.6. The van der Waals surface area contributed by atoms with Gasteiger partial charge in [0.25, 0.3) is 5.91 Å². The van der Waals surface area contributed by atoms with Crippen LogP contribution in [-0.4, -0.2) is 10.9 Å². The molecule has 0 saturated heterocycles. The molecule has 1 aliphatic carbocycles. The molecule has 0 atom stereocenters. The summed E-state index contributed by atoms with van der Waals surface area (Å²) in [5, 5.41) is 2.89. The summed E-state index contributed by atoms with van der Waals surface area (Å²) in [6.07, 6.45) is 5.86. The number of H-pyrrole nitrogens is 1. The van der Waals surface area contributed by atoms with Crippen LogP contribution in [0.25, 0.3) is 0 Å². The number of aromatic nitrogens is 1. The molecule has 0 bridgehead atoms. The number of carbonyl (C=O) groups is 1. The van der Waals surface area contributed by atoms with Crippen LogP contribution in [0.15, 0.2) is 35.3 Å². The van der Waals surface area contributed by atoms with Crippen LogP contribution in [0.4, 0.5) is 5.69 Å². The Morgan fingerprint density at radius 2 is 2.05 bits per heavy atom. The Labute approximate surface area is 123 Å². The number of aryl methyl sites for hydroxylation is 2. The number of benzene rings is 1. The van der Waals surface area contributed by atoms with E-state index in [4.69, 9.17) is 0 Å². The van der Waals surface area contributed by atoms with Crippen molar-refractivity contribution in [3.8, 4) is 0 Å². The third kappa shape index (κ3) is 2.75. The van der Waals surface area contributed by atoms with Crippen LogP contribution in [0.1, 0.15) is 40.0 Å². The van der Waals surface area contributed by atoms with Crippen LogP contribution in [-0.2, 0) is 12.8 Å². The maximum Gasteiger partial charge on any atom is 0.261 e. The van der Waals surface area contributed by atoms with Gasteiger partial charge in [-0.2, -0.15) is 0 Å². The van der Waals surface area contributed by atoms with Crippen molar-refractivity contribution in [2.45, 2.75) is 32.6 Å². The Bertz CT molecular complexity index is 747. The average molecular weight is 282 g/mol. The van der Waals surface area contributed by atoms with Crippen LogP contribution in [0.2, 0.25) is 0 Å². The molecule has 1 heterocycles. The minimum Gasteiger partial charge on any atom is -0.364 e. The van der Waals surface area contributed by atoms with E-state index >= 15 is 0 Å². The smallest absolute Gasteiger partial charge is 0.261 e. The van der Waals surface area contributed by atoms with Gasteiger partial charge in [-0.25, -0.2) is 0 Å². The van der Waals surface area contributed by atoms with Crippen molar-refractivity contribution in [2.24, 2.45) is 0 Å². The second-order valence-corrected chi connectivity index (χ2v) is 5.50. The number of amides is 1. The molecule has 2 N–H and O–H groups in total. The summed E-state index contributed by atoms with van der Waals surface area (Å²) < 4.78 is 0. The van der Waals surface area contributed by atoms with Crippen molar-refractivity contribution in [3.05, 3.63) is 63.1 Å². The lowest BCUT2D eigenvalue weighted by Crippen LogP contribution is -2.22. The van der Waals surface area contributed by atoms with E-state index in [1.165, 1.54) is 29.8 Å². The van der Waals surface area contributed by atoms with Gasteiger partial charge in [0.2, 0.25) is 0 Å². The summed E-state index contributed by atoms with van der Waals surface area (Å²) in [4.78, 5) is 27.1. The first-order valence-electron chi connectivity index (χ1n) is 7.26. The molecule has 0 spiro atoms. The lowest BCUT2D eigenvalue weighted by atomic mass is 9.90. The van der Waals surface area contributed by atoms with Gasteiger partial charge in [0.05, 0.1) is 0 Å². The van der Waals surface area contributed by atoms with Gasteiger partial charge in [0.1, 0.15) is 5.56 Å². The maximum absolute atomic E-state index is 12.3. The number of rotatable bonds is 2. The third-order valence-corrected chi connectivity index (χ3v) is 3.95. The molecule has 0 saturated carbocycles. The van der Waals surface area contributed by atoms with E-state index in [2.05, 4.69) is 16.4 Å². The largest absolute Gasteiger partial charge is 0.364 e. The zero-order valence-corrected chi connectivity index (χ0v) is 12.0. The molecule has 21 heavy (non-hydrogen) atoms. The van der Waals surface area contributed by atoms with Gasteiger partial charge in [0, 0.05) is 23.6 Å². The highest BCUT2D eigenvalue weighted by Gasteiger charge is 2.16. The predicted octanol–water partition coefficient (Wildman–Crippen LogP) is 2.81. The van der Waals surface area contributed by atoms with Crippen molar-refractivity contribution < 1.29 is 4.79 Å². The molecule has 4 nitrogen and oxygen atoms in total. The molecular formula is C17H18N2O2. The Morgan fingerprint density at radius 1 is 1.24 bits per heavy atom. The maximum atomic E-state index is 12.3. The number of hydrogen-bond acceptors (Lipinski definition) is 2. The Balaban J connectivity index is 1.90. The zero-order valence-electron chi connectivity index (χ0n) is 12.0. The van der Waals surface area contributed by atoms with E-state index in [1.807, 2.05) is 12.1 Å². The highest BCUT2D eigenvalue weighted by atomic mass is 16.2. The van der Waals surface area contributed by atoms with Crippen LogP contribution in [0, 0.1) is 6.92 Å². The Hall–Kier alpha value is -2.36. The highest BCUT2D eigenvalue weighted by Crippen LogP contribution is 2.27. The fraction of sp³-hybridized carbons (Fsp3) is 0.294. The van der Waals surface area contributed by atoms with E-state index in [1.54, 1.807) is 6.92 Å². The number of anilines is 1. The second-order valence-electron chi connectivity index (χ2n) is 5.50. The summed E-state index contributed by atoms with van der Waals surface area (Å²) in [6, 6.07) is 7.42. The van der Waals surface area contributed by atoms with Crippen molar-refractivity contribution in [3.63, 3.8) is 0 Å². The number of pyridine rings is 1. The molecule has 0 radical (unpaired) electrons. The van der Waals surface area contributed by atoms with E-state index in [-0.39, 0.29) is 16.9 Å². The summed E-state index contributed by atoms with van der Waals surface area (Å²) in [5.41, 5.74) is 3.98. The molecule has 1 aromatic heterocycles. The molecule has 4 heteroatoms. The van der Waals surface area contributed by atoms with E-state index in [9.17, 15) is 9.59 Å². The fourth-order valence-electron chi connectivity index (χ4n) is 2.84. The van der Waals surface area contributed by atoms with Gasteiger partial charge in [-0.3, -0.25) is 9.59 Å². The molecule has 108 valence electrons. The zero-order chi connectivity index (χ0) is 14.8. The second kappa shape index (κ2) is 5.56. The Morgan fingerprint density at radius 3 is 2.86 bits per heavy atom. The molecule has 1 aliphatic rings. The summed E-state index contributed by atoms with van der Waals surface area (Å²) >= 11 is 0. The van der Waals surface area contributed by atoms with E-state index in [0.717, 1.165) is 30.6 Å². The quantitative estimate of drug-likeness (QED) is 0.889.